The van der Waals surface area contributed by atoms with E-state index in [0.717, 1.165) is 37.5 Å². The summed E-state index contributed by atoms with van der Waals surface area (Å²) in [5.74, 6) is 1.43. The minimum atomic E-state index is 0.0846. The Labute approximate surface area is 128 Å². The van der Waals surface area contributed by atoms with E-state index in [1.807, 2.05) is 6.07 Å². The molecular weight excluding hydrogens is 266 g/mol. The minimum Gasteiger partial charge on any atom is -0.493 e. The minimum absolute atomic E-state index is 0.0846. The molecule has 1 heterocycles. The van der Waals surface area contributed by atoms with E-state index in [-0.39, 0.29) is 5.41 Å². The zero-order valence-electron chi connectivity index (χ0n) is 14.0. The average molecular weight is 295 g/mol. The molecule has 0 bridgehead atoms. The van der Waals surface area contributed by atoms with Gasteiger partial charge in [-0.2, -0.15) is 0 Å². The third-order valence-electron chi connectivity index (χ3n) is 3.48. The highest BCUT2D eigenvalue weighted by Crippen LogP contribution is 2.30. The summed E-state index contributed by atoms with van der Waals surface area (Å²) in [6.45, 7) is 9.88. The van der Waals surface area contributed by atoms with Crippen molar-refractivity contribution in [3.8, 4) is 11.5 Å². The third kappa shape index (κ3) is 5.17. The molecule has 0 spiro atoms. The van der Waals surface area contributed by atoms with E-state index in [4.69, 9.17) is 15.2 Å². The first kappa shape index (κ1) is 17.7. The van der Waals surface area contributed by atoms with Gasteiger partial charge in [-0.1, -0.05) is 20.8 Å². The summed E-state index contributed by atoms with van der Waals surface area (Å²) in [6.07, 6.45) is 2.85. The summed E-state index contributed by atoms with van der Waals surface area (Å²) in [5.41, 5.74) is 6.84. The SMILES string of the molecule is CCCN(Cc1nccc(OC)c1OC)CC(C)(C)CN. The molecule has 5 nitrogen and oxygen atoms in total. The van der Waals surface area contributed by atoms with Gasteiger partial charge in [0.25, 0.3) is 0 Å². The molecule has 0 saturated heterocycles. The Balaban J connectivity index is 2.93. The summed E-state index contributed by atoms with van der Waals surface area (Å²) in [5, 5.41) is 0. The van der Waals surface area contributed by atoms with Crippen molar-refractivity contribution in [1.82, 2.24) is 9.88 Å². The Bertz CT molecular complexity index is 436. The number of hydrogen-bond acceptors (Lipinski definition) is 5. The predicted octanol–water partition coefficient (Wildman–Crippen LogP) is 2.30. The maximum atomic E-state index is 5.86. The molecule has 120 valence electrons. The summed E-state index contributed by atoms with van der Waals surface area (Å²) in [7, 11) is 3.29. The van der Waals surface area contributed by atoms with Gasteiger partial charge in [0.15, 0.2) is 11.5 Å². The van der Waals surface area contributed by atoms with E-state index in [1.165, 1.54) is 0 Å². The van der Waals surface area contributed by atoms with Gasteiger partial charge in [-0.05, 0) is 24.9 Å². The van der Waals surface area contributed by atoms with Crippen LogP contribution < -0.4 is 15.2 Å². The number of aromatic nitrogens is 1. The van der Waals surface area contributed by atoms with Crippen LogP contribution >= 0.6 is 0 Å². The first-order chi connectivity index (χ1) is 9.97. The number of nitrogens with two attached hydrogens (primary N) is 1. The average Bonchev–Trinajstić information content (AvgIpc) is 2.46. The van der Waals surface area contributed by atoms with E-state index < -0.39 is 0 Å². The summed E-state index contributed by atoms with van der Waals surface area (Å²) in [4.78, 5) is 6.83. The zero-order chi connectivity index (χ0) is 15.9. The molecule has 0 fully saturated rings. The molecular formula is C16H29N3O2. The van der Waals surface area contributed by atoms with Crippen molar-refractivity contribution in [2.45, 2.75) is 33.7 Å². The van der Waals surface area contributed by atoms with Gasteiger partial charge in [0.05, 0.1) is 14.2 Å². The van der Waals surface area contributed by atoms with Crippen molar-refractivity contribution in [3.05, 3.63) is 18.0 Å². The zero-order valence-corrected chi connectivity index (χ0v) is 14.0. The number of ether oxygens (including phenoxy) is 2. The molecule has 1 aromatic heterocycles. The second-order valence-electron chi connectivity index (χ2n) is 6.07. The predicted molar refractivity (Wildman–Crippen MR) is 85.7 cm³/mol. The van der Waals surface area contributed by atoms with Crippen LogP contribution in [0.2, 0.25) is 0 Å². The molecule has 2 N–H and O–H groups in total. The highest BCUT2D eigenvalue weighted by Gasteiger charge is 2.22. The van der Waals surface area contributed by atoms with Crippen LogP contribution in [0.15, 0.2) is 12.3 Å². The third-order valence-corrected chi connectivity index (χ3v) is 3.48. The van der Waals surface area contributed by atoms with E-state index >= 15 is 0 Å². The lowest BCUT2D eigenvalue weighted by Gasteiger charge is -2.31. The maximum absolute atomic E-state index is 5.86. The first-order valence-corrected chi connectivity index (χ1v) is 7.45. The van der Waals surface area contributed by atoms with Crippen molar-refractivity contribution in [1.29, 1.82) is 0 Å². The van der Waals surface area contributed by atoms with Gasteiger partial charge in [-0.25, -0.2) is 0 Å². The highest BCUT2D eigenvalue weighted by molar-refractivity contribution is 5.42. The van der Waals surface area contributed by atoms with Gasteiger partial charge in [0.2, 0.25) is 0 Å². The standard InChI is InChI=1S/C16H29N3O2/c1-6-9-19(12-16(2,3)11-17)10-13-15(21-5)14(20-4)7-8-18-13/h7-8H,6,9-12,17H2,1-5H3. The van der Waals surface area contributed by atoms with Gasteiger partial charge < -0.3 is 15.2 Å². The molecule has 0 aliphatic rings. The quantitative estimate of drug-likeness (QED) is 0.757. The largest absolute Gasteiger partial charge is 0.493 e. The highest BCUT2D eigenvalue weighted by atomic mass is 16.5. The summed E-state index contributed by atoms with van der Waals surface area (Å²) in [6, 6.07) is 1.82. The number of pyridine rings is 1. The van der Waals surface area contributed by atoms with Crippen molar-refractivity contribution in [2.75, 3.05) is 33.9 Å². The van der Waals surface area contributed by atoms with Crippen LogP contribution in [-0.4, -0.2) is 43.7 Å². The van der Waals surface area contributed by atoms with E-state index in [9.17, 15) is 0 Å². The van der Waals surface area contributed by atoms with Crippen LogP contribution in [0.25, 0.3) is 0 Å². The lowest BCUT2D eigenvalue weighted by atomic mass is 9.93. The summed E-state index contributed by atoms with van der Waals surface area (Å²) >= 11 is 0. The molecule has 21 heavy (non-hydrogen) atoms. The Morgan fingerprint density at radius 2 is 2.00 bits per heavy atom. The van der Waals surface area contributed by atoms with Crippen molar-refractivity contribution in [2.24, 2.45) is 11.1 Å². The normalized spacial score (nSPS) is 11.8. The Kier molecular flexibility index (Phi) is 6.92. The lowest BCUT2D eigenvalue weighted by molar-refractivity contribution is 0.172. The van der Waals surface area contributed by atoms with Gasteiger partial charge in [-0.15, -0.1) is 0 Å². The fourth-order valence-corrected chi connectivity index (χ4v) is 2.38. The van der Waals surface area contributed by atoms with Crippen molar-refractivity contribution < 1.29 is 9.47 Å². The second kappa shape index (κ2) is 8.20. The van der Waals surface area contributed by atoms with E-state index in [0.29, 0.717) is 12.3 Å². The fraction of sp³-hybridized carbons (Fsp3) is 0.688. The van der Waals surface area contributed by atoms with Crippen LogP contribution in [0.1, 0.15) is 32.9 Å². The molecule has 0 saturated carbocycles. The second-order valence-corrected chi connectivity index (χ2v) is 6.07. The molecule has 0 aliphatic heterocycles. The van der Waals surface area contributed by atoms with Crippen LogP contribution in [0.5, 0.6) is 11.5 Å². The molecule has 0 radical (unpaired) electrons. The Hall–Kier alpha value is -1.33. The van der Waals surface area contributed by atoms with Gasteiger partial charge in [0.1, 0.15) is 5.69 Å². The van der Waals surface area contributed by atoms with Crippen molar-refractivity contribution >= 4 is 0 Å². The fourth-order valence-electron chi connectivity index (χ4n) is 2.38. The molecule has 0 atom stereocenters. The number of rotatable bonds is 9. The Morgan fingerprint density at radius 3 is 2.52 bits per heavy atom. The number of nitrogens with zero attached hydrogens (tertiary/aromatic N) is 2. The van der Waals surface area contributed by atoms with Crippen LogP contribution in [-0.2, 0) is 6.54 Å². The van der Waals surface area contributed by atoms with E-state index in [1.54, 1.807) is 20.4 Å². The molecule has 1 aromatic rings. The summed E-state index contributed by atoms with van der Waals surface area (Å²) < 4.78 is 10.8. The molecule has 0 unspecified atom stereocenters. The smallest absolute Gasteiger partial charge is 0.183 e. The van der Waals surface area contributed by atoms with Crippen LogP contribution in [0, 0.1) is 5.41 Å². The number of methoxy groups -OCH3 is 2. The topological polar surface area (TPSA) is 60.6 Å². The molecule has 0 amide bonds. The molecule has 5 heteroatoms. The van der Waals surface area contributed by atoms with Crippen LogP contribution in [0.3, 0.4) is 0 Å². The van der Waals surface area contributed by atoms with Gasteiger partial charge in [0, 0.05) is 25.4 Å². The first-order valence-electron chi connectivity index (χ1n) is 7.45. The molecule has 0 aliphatic carbocycles. The maximum Gasteiger partial charge on any atom is 0.183 e. The molecule has 1 rings (SSSR count). The monoisotopic (exact) mass is 295 g/mol. The molecule has 0 aromatic carbocycles. The van der Waals surface area contributed by atoms with E-state index in [2.05, 4.69) is 30.7 Å². The Morgan fingerprint density at radius 1 is 1.29 bits per heavy atom. The number of hydrogen-bond donors (Lipinski definition) is 1. The van der Waals surface area contributed by atoms with Gasteiger partial charge >= 0.3 is 0 Å². The lowest BCUT2D eigenvalue weighted by Crippen LogP contribution is -2.39. The van der Waals surface area contributed by atoms with Crippen LogP contribution in [0.4, 0.5) is 0 Å². The van der Waals surface area contributed by atoms with Gasteiger partial charge in [-0.3, -0.25) is 9.88 Å². The van der Waals surface area contributed by atoms with Crippen molar-refractivity contribution in [3.63, 3.8) is 0 Å².